The van der Waals surface area contributed by atoms with Gasteiger partial charge in [0.1, 0.15) is 6.61 Å². The Bertz CT molecular complexity index is 1180. The molecule has 1 saturated heterocycles. The predicted octanol–water partition coefficient (Wildman–Crippen LogP) is 6.72. The molecular formula is C25H20ClNO3S2. The summed E-state index contributed by atoms with van der Waals surface area (Å²) < 4.78 is 12.3. The van der Waals surface area contributed by atoms with Gasteiger partial charge in [-0.1, -0.05) is 78.0 Å². The van der Waals surface area contributed by atoms with Crippen LogP contribution in [0, 0.1) is 0 Å². The van der Waals surface area contributed by atoms with Gasteiger partial charge in [-0.05, 0) is 48.9 Å². The number of rotatable bonds is 7. The maximum Gasteiger partial charge on any atom is 0.270 e. The number of carbonyl (C=O) groups excluding carboxylic acids is 1. The lowest BCUT2D eigenvalue weighted by Gasteiger charge is -2.14. The number of thioether (sulfide) groups is 1. The van der Waals surface area contributed by atoms with Crippen molar-refractivity contribution in [2.75, 3.05) is 11.5 Å². The number of amides is 1. The van der Waals surface area contributed by atoms with Crippen molar-refractivity contribution in [1.29, 1.82) is 0 Å². The van der Waals surface area contributed by atoms with E-state index in [4.69, 9.17) is 33.3 Å². The Hall–Kier alpha value is -2.80. The topological polar surface area (TPSA) is 38.8 Å². The van der Waals surface area contributed by atoms with Crippen LogP contribution >= 0.6 is 35.6 Å². The number of hydrogen-bond donors (Lipinski definition) is 0. The minimum Gasteiger partial charge on any atom is -0.490 e. The second-order valence-corrected chi connectivity index (χ2v) is 8.95. The molecule has 0 unspecified atom stereocenters. The van der Waals surface area contributed by atoms with E-state index >= 15 is 0 Å². The number of nitrogens with zero attached hydrogens (tertiary/aromatic N) is 1. The second kappa shape index (κ2) is 10.2. The maximum atomic E-state index is 13.0. The number of hydrogen-bond acceptors (Lipinski definition) is 5. The standard InChI is InChI=1S/C25H20ClNO3S2/c1-2-29-22-14-17(12-13-21(22)30-16-18-8-6-7-11-20(18)26)15-23-24(28)27(25(31)32-23)19-9-4-3-5-10-19/h3-15H,2,16H2,1H3. The Morgan fingerprint density at radius 2 is 1.75 bits per heavy atom. The molecule has 0 spiro atoms. The summed E-state index contributed by atoms with van der Waals surface area (Å²) in [5.41, 5.74) is 2.48. The summed E-state index contributed by atoms with van der Waals surface area (Å²) in [4.78, 5) is 15.1. The smallest absolute Gasteiger partial charge is 0.270 e. The largest absolute Gasteiger partial charge is 0.490 e. The van der Waals surface area contributed by atoms with Gasteiger partial charge in [-0.15, -0.1) is 0 Å². The molecule has 4 nitrogen and oxygen atoms in total. The van der Waals surface area contributed by atoms with Gasteiger partial charge in [-0.3, -0.25) is 9.69 Å². The van der Waals surface area contributed by atoms with E-state index in [0.29, 0.717) is 39.0 Å². The highest BCUT2D eigenvalue weighted by molar-refractivity contribution is 8.27. The van der Waals surface area contributed by atoms with Crippen molar-refractivity contribution in [2.24, 2.45) is 0 Å². The van der Waals surface area contributed by atoms with Crippen molar-refractivity contribution in [3.63, 3.8) is 0 Å². The normalized spacial score (nSPS) is 14.8. The molecule has 0 radical (unpaired) electrons. The molecule has 162 valence electrons. The van der Waals surface area contributed by atoms with Gasteiger partial charge in [0.25, 0.3) is 5.91 Å². The average molecular weight is 482 g/mol. The number of benzene rings is 3. The van der Waals surface area contributed by atoms with Gasteiger partial charge >= 0.3 is 0 Å². The molecule has 1 fully saturated rings. The molecule has 0 N–H and O–H groups in total. The molecular weight excluding hydrogens is 462 g/mol. The van der Waals surface area contributed by atoms with E-state index in [0.717, 1.165) is 16.8 Å². The monoisotopic (exact) mass is 481 g/mol. The molecule has 3 aromatic rings. The Labute approximate surface area is 201 Å². The molecule has 0 bridgehead atoms. The summed E-state index contributed by atoms with van der Waals surface area (Å²) in [7, 11) is 0. The zero-order valence-electron chi connectivity index (χ0n) is 17.3. The number of thiocarbonyl (C=S) groups is 1. The lowest BCUT2D eigenvalue weighted by molar-refractivity contribution is -0.113. The first-order valence-corrected chi connectivity index (χ1v) is 11.6. The van der Waals surface area contributed by atoms with Crippen molar-refractivity contribution in [2.45, 2.75) is 13.5 Å². The quantitative estimate of drug-likeness (QED) is 0.276. The first kappa shape index (κ1) is 22.4. The summed E-state index contributed by atoms with van der Waals surface area (Å²) in [6, 6.07) is 22.5. The molecule has 0 aliphatic carbocycles. The van der Waals surface area contributed by atoms with E-state index in [2.05, 4.69) is 0 Å². The van der Waals surface area contributed by atoms with Gasteiger partial charge < -0.3 is 9.47 Å². The van der Waals surface area contributed by atoms with Crippen molar-refractivity contribution >= 4 is 57.6 Å². The number of halogens is 1. The Morgan fingerprint density at radius 3 is 2.50 bits per heavy atom. The SMILES string of the molecule is CCOc1cc(C=C2SC(=S)N(c3ccccc3)C2=O)ccc1OCc1ccccc1Cl. The molecule has 0 atom stereocenters. The molecule has 0 saturated carbocycles. The van der Waals surface area contributed by atoms with Crippen LogP contribution in [-0.4, -0.2) is 16.8 Å². The highest BCUT2D eigenvalue weighted by atomic mass is 35.5. The Morgan fingerprint density at radius 1 is 1.00 bits per heavy atom. The van der Waals surface area contributed by atoms with Crippen LogP contribution in [0.15, 0.2) is 77.7 Å². The van der Waals surface area contributed by atoms with Crippen LogP contribution in [0.1, 0.15) is 18.1 Å². The number of ether oxygens (including phenoxy) is 2. The fourth-order valence-electron chi connectivity index (χ4n) is 3.19. The minimum atomic E-state index is -0.136. The lowest BCUT2D eigenvalue weighted by atomic mass is 10.1. The van der Waals surface area contributed by atoms with Gasteiger partial charge in [0, 0.05) is 10.6 Å². The van der Waals surface area contributed by atoms with E-state index in [9.17, 15) is 4.79 Å². The third-order valence-electron chi connectivity index (χ3n) is 4.71. The van der Waals surface area contributed by atoms with Gasteiger partial charge in [0.15, 0.2) is 15.8 Å². The van der Waals surface area contributed by atoms with Gasteiger partial charge in [0.05, 0.1) is 17.2 Å². The number of carbonyl (C=O) groups is 1. The third-order valence-corrected chi connectivity index (χ3v) is 6.39. The first-order chi connectivity index (χ1) is 15.6. The number of anilines is 1. The van der Waals surface area contributed by atoms with E-state index in [1.165, 1.54) is 11.8 Å². The van der Waals surface area contributed by atoms with Gasteiger partial charge in [-0.25, -0.2) is 0 Å². The van der Waals surface area contributed by atoms with Crippen molar-refractivity contribution in [1.82, 2.24) is 0 Å². The summed E-state index contributed by atoms with van der Waals surface area (Å²) in [5, 5.41) is 0.655. The van der Waals surface area contributed by atoms with Crippen LogP contribution in [0.4, 0.5) is 5.69 Å². The minimum absolute atomic E-state index is 0.136. The van der Waals surface area contributed by atoms with E-state index < -0.39 is 0 Å². The van der Waals surface area contributed by atoms with Crippen molar-refractivity contribution < 1.29 is 14.3 Å². The molecule has 1 amide bonds. The van der Waals surface area contributed by atoms with Crippen LogP contribution in [0.5, 0.6) is 11.5 Å². The average Bonchev–Trinajstić information content (AvgIpc) is 3.07. The molecule has 0 aromatic heterocycles. The molecule has 3 aromatic carbocycles. The second-order valence-electron chi connectivity index (χ2n) is 6.87. The first-order valence-electron chi connectivity index (χ1n) is 10.0. The van der Waals surface area contributed by atoms with Crippen LogP contribution in [0.25, 0.3) is 6.08 Å². The molecule has 4 rings (SSSR count). The molecule has 1 aliphatic rings. The highest BCUT2D eigenvalue weighted by Gasteiger charge is 2.33. The maximum absolute atomic E-state index is 13.0. The van der Waals surface area contributed by atoms with E-state index in [1.807, 2.05) is 85.8 Å². The molecule has 1 heterocycles. The van der Waals surface area contributed by atoms with Crippen LogP contribution in [0.2, 0.25) is 5.02 Å². The molecule has 1 aliphatic heterocycles. The zero-order valence-corrected chi connectivity index (χ0v) is 19.7. The Balaban J connectivity index is 1.56. The lowest BCUT2D eigenvalue weighted by Crippen LogP contribution is -2.27. The predicted molar refractivity (Wildman–Crippen MR) is 135 cm³/mol. The third kappa shape index (κ3) is 4.99. The molecule has 7 heteroatoms. The van der Waals surface area contributed by atoms with E-state index in [1.54, 1.807) is 4.90 Å². The summed E-state index contributed by atoms with van der Waals surface area (Å²) >= 11 is 13.0. The fraction of sp³-hybridized carbons (Fsp3) is 0.120. The van der Waals surface area contributed by atoms with E-state index in [-0.39, 0.29) is 5.91 Å². The zero-order chi connectivity index (χ0) is 22.5. The van der Waals surface area contributed by atoms with Crippen molar-refractivity contribution in [3.05, 3.63) is 93.9 Å². The summed E-state index contributed by atoms with van der Waals surface area (Å²) in [6.45, 7) is 2.73. The van der Waals surface area contributed by atoms with Crippen LogP contribution in [-0.2, 0) is 11.4 Å². The highest BCUT2D eigenvalue weighted by Crippen LogP contribution is 2.37. The van der Waals surface area contributed by atoms with Crippen molar-refractivity contribution in [3.8, 4) is 11.5 Å². The summed E-state index contributed by atoms with van der Waals surface area (Å²) in [5.74, 6) is 1.08. The van der Waals surface area contributed by atoms with Gasteiger partial charge in [-0.2, -0.15) is 0 Å². The van der Waals surface area contributed by atoms with Crippen LogP contribution in [0.3, 0.4) is 0 Å². The Kier molecular flexibility index (Phi) is 7.15. The fourth-order valence-corrected chi connectivity index (χ4v) is 4.68. The molecule has 32 heavy (non-hydrogen) atoms. The van der Waals surface area contributed by atoms with Crippen LogP contribution < -0.4 is 14.4 Å². The van der Waals surface area contributed by atoms with Gasteiger partial charge in [0.2, 0.25) is 0 Å². The summed E-state index contributed by atoms with van der Waals surface area (Å²) in [6.07, 6.45) is 1.82. The number of para-hydroxylation sites is 1.